The van der Waals surface area contributed by atoms with Crippen LogP contribution in [0, 0.1) is 17.8 Å². The first kappa shape index (κ1) is 26.9. The van der Waals surface area contributed by atoms with E-state index in [2.05, 4.69) is 6.07 Å². The second-order valence-electron chi connectivity index (χ2n) is 13.1. The van der Waals surface area contributed by atoms with Crippen molar-refractivity contribution >= 4 is 12.1 Å². The number of fused-ring (bicyclic) bond motifs is 1. The van der Waals surface area contributed by atoms with Crippen LogP contribution in [0.2, 0.25) is 0 Å². The summed E-state index contributed by atoms with van der Waals surface area (Å²) >= 11 is 0. The molecule has 1 aromatic rings. The summed E-state index contributed by atoms with van der Waals surface area (Å²) < 4.78 is 12.2. The van der Waals surface area contributed by atoms with Crippen molar-refractivity contribution in [1.82, 2.24) is 9.88 Å². The monoisotopic (exact) mass is 500 g/mol. The Balaban J connectivity index is 1.74. The number of carbonyl (C=O) groups excluding carboxylic acids is 1. The van der Waals surface area contributed by atoms with Crippen molar-refractivity contribution in [3.63, 3.8) is 0 Å². The summed E-state index contributed by atoms with van der Waals surface area (Å²) in [7, 11) is 0. The molecule has 1 N–H and O–H groups in total. The van der Waals surface area contributed by atoms with Gasteiger partial charge in [0.1, 0.15) is 0 Å². The molecule has 0 aromatic carbocycles. The van der Waals surface area contributed by atoms with Gasteiger partial charge in [-0.2, -0.15) is 0 Å². The van der Waals surface area contributed by atoms with Gasteiger partial charge < -0.3 is 14.6 Å². The summed E-state index contributed by atoms with van der Waals surface area (Å²) in [5.41, 5.74) is 1.12. The number of hydrogen-bond acceptors (Lipinski definition) is 5. The number of cyclic esters (lactones) is 1. The van der Waals surface area contributed by atoms with Crippen LogP contribution in [0.1, 0.15) is 97.4 Å². The standard InChI is InChI=1S/C29H44N2O5/c1-18(2)14-24(31(26(33)34)27(3,4)5)29(25(32)35-28(6,7)36-29)17-23-22-16-20(11-10-19-8-9-19)15-21(22)12-13-30-23/h12-13,18-20,24H,8-11,14-17H2,1-7H3,(H,33,34)/t20-,24?,29+/m0/s1. The molecule has 0 spiro atoms. The van der Waals surface area contributed by atoms with Gasteiger partial charge in [0, 0.05) is 37.7 Å². The van der Waals surface area contributed by atoms with E-state index in [-0.39, 0.29) is 12.3 Å². The first-order valence-corrected chi connectivity index (χ1v) is 13.6. The van der Waals surface area contributed by atoms with Crippen LogP contribution in [-0.2, 0) is 33.5 Å². The second-order valence-corrected chi connectivity index (χ2v) is 13.1. The second kappa shape index (κ2) is 9.62. The number of pyridine rings is 1. The molecule has 3 atom stereocenters. The van der Waals surface area contributed by atoms with E-state index >= 15 is 0 Å². The van der Waals surface area contributed by atoms with Gasteiger partial charge in [0.25, 0.3) is 0 Å². The largest absolute Gasteiger partial charge is 0.465 e. The molecular weight excluding hydrogens is 456 g/mol. The number of amides is 1. The van der Waals surface area contributed by atoms with E-state index in [9.17, 15) is 14.7 Å². The first-order valence-electron chi connectivity index (χ1n) is 13.6. The lowest BCUT2D eigenvalue weighted by Crippen LogP contribution is -2.64. The summed E-state index contributed by atoms with van der Waals surface area (Å²) in [5.74, 6) is -0.00793. The summed E-state index contributed by atoms with van der Waals surface area (Å²) in [4.78, 5) is 32.6. The molecule has 1 saturated carbocycles. The molecule has 2 fully saturated rings. The molecule has 1 unspecified atom stereocenters. The third-order valence-electron chi connectivity index (χ3n) is 7.94. The fourth-order valence-electron chi connectivity index (χ4n) is 6.26. The fourth-order valence-corrected chi connectivity index (χ4v) is 6.26. The number of esters is 1. The van der Waals surface area contributed by atoms with Crippen LogP contribution in [0.25, 0.3) is 0 Å². The Morgan fingerprint density at radius 2 is 1.86 bits per heavy atom. The number of nitrogens with zero attached hydrogens (tertiary/aromatic N) is 2. The molecular formula is C29H44N2O5. The number of rotatable bonds is 9. The van der Waals surface area contributed by atoms with E-state index in [1.54, 1.807) is 13.8 Å². The van der Waals surface area contributed by atoms with E-state index in [1.807, 2.05) is 40.8 Å². The molecule has 3 aliphatic rings. The Labute approximate surface area is 215 Å². The minimum Gasteiger partial charge on any atom is -0.465 e. The molecule has 1 amide bonds. The molecule has 4 rings (SSSR count). The summed E-state index contributed by atoms with van der Waals surface area (Å²) in [6.45, 7) is 13.1. The van der Waals surface area contributed by atoms with Crippen LogP contribution >= 0.6 is 0 Å². The Morgan fingerprint density at radius 3 is 2.39 bits per heavy atom. The van der Waals surface area contributed by atoms with E-state index in [0.717, 1.165) is 24.5 Å². The molecule has 1 aliphatic heterocycles. The van der Waals surface area contributed by atoms with Gasteiger partial charge in [0.05, 0.1) is 6.04 Å². The highest BCUT2D eigenvalue weighted by atomic mass is 16.8. The molecule has 1 saturated heterocycles. The van der Waals surface area contributed by atoms with Crippen molar-refractivity contribution < 1.29 is 24.2 Å². The molecule has 200 valence electrons. The van der Waals surface area contributed by atoms with Crippen LogP contribution in [0.4, 0.5) is 4.79 Å². The average Bonchev–Trinajstić information content (AvgIpc) is 3.40. The van der Waals surface area contributed by atoms with Gasteiger partial charge in [-0.25, -0.2) is 9.59 Å². The minimum absolute atomic E-state index is 0.137. The summed E-state index contributed by atoms with van der Waals surface area (Å²) in [6, 6.07) is 1.37. The zero-order valence-corrected chi connectivity index (χ0v) is 23.1. The zero-order valence-electron chi connectivity index (χ0n) is 23.1. The van der Waals surface area contributed by atoms with Crippen molar-refractivity contribution in [2.24, 2.45) is 17.8 Å². The maximum atomic E-state index is 13.7. The average molecular weight is 501 g/mol. The molecule has 2 heterocycles. The Bertz CT molecular complexity index is 994. The Hall–Kier alpha value is -2.15. The molecule has 0 radical (unpaired) electrons. The SMILES string of the molecule is CC(C)CC(N(C(=O)O)C(C)(C)C)[C@@]1(Cc2nccc3c2C[C@@H](CCC2CC2)C3)OC(C)(C)OC1=O. The first-order chi connectivity index (χ1) is 16.7. The molecule has 2 aliphatic carbocycles. The van der Waals surface area contributed by atoms with E-state index in [0.29, 0.717) is 12.3 Å². The normalized spacial score (nSPS) is 26.1. The van der Waals surface area contributed by atoms with Crippen molar-refractivity contribution in [3.8, 4) is 0 Å². The summed E-state index contributed by atoms with van der Waals surface area (Å²) in [5, 5.41) is 10.4. The van der Waals surface area contributed by atoms with Crippen LogP contribution in [0.15, 0.2) is 12.3 Å². The van der Waals surface area contributed by atoms with E-state index in [1.165, 1.54) is 41.7 Å². The molecule has 7 heteroatoms. The van der Waals surface area contributed by atoms with Gasteiger partial charge in [0.2, 0.25) is 5.79 Å². The lowest BCUT2D eigenvalue weighted by molar-refractivity contribution is -0.180. The van der Waals surface area contributed by atoms with Gasteiger partial charge in [-0.15, -0.1) is 0 Å². The number of carbonyl (C=O) groups is 2. The van der Waals surface area contributed by atoms with Crippen LogP contribution in [-0.4, -0.2) is 50.0 Å². The summed E-state index contributed by atoms with van der Waals surface area (Å²) in [6.07, 6.45) is 8.68. The number of hydrogen-bond donors (Lipinski definition) is 1. The van der Waals surface area contributed by atoms with Crippen LogP contribution in [0.3, 0.4) is 0 Å². The molecule has 0 bridgehead atoms. The predicted octanol–water partition coefficient (Wildman–Crippen LogP) is 5.77. The minimum atomic E-state index is -1.48. The number of carboxylic acid groups (broad SMARTS) is 1. The number of ether oxygens (including phenoxy) is 2. The highest BCUT2D eigenvalue weighted by Gasteiger charge is 2.62. The Kier molecular flexibility index (Phi) is 7.19. The Morgan fingerprint density at radius 1 is 1.19 bits per heavy atom. The topological polar surface area (TPSA) is 89.0 Å². The maximum Gasteiger partial charge on any atom is 0.408 e. The zero-order chi connectivity index (χ0) is 26.5. The van der Waals surface area contributed by atoms with Gasteiger partial charge in [-0.05, 0) is 81.4 Å². The predicted molar refractivity (Wildman–Crippen MR) is 138 cm³/mol. The van der Waals surface area contributed by atoms with Crippen molar-refractivity contribution in [2.45, 2.75) is 123 Å². The van der Waals surface area contributed by atoms with Gasteiger partial charge in [0.15, 0.2) is 5.60 Å². The smallest absolute Gasteiger partial charge is 0.408 e. The fraction of sp³-hybridized carbons (Fsp3) is 0.759. The lowest BCUT2D eigenvalue weighted by atomic mass is 9.80. The molecule has 7 nitrogen and oxygen atoms in total. The van der Waals surface area contributed by atoms with Crippen LogP contribution in [0.5, 0.6) is 0 Å². The number of aromatic nitrogens is 1. The third kappa shape index (κ3) is 5.56. The van der Waals surface area contributed by atoms with Gasteiger partial charge in [-0.3, -0.25) is 9.88 Å². The van der Waals surface area contributed by atoms with E-state index < -0.39 is 35.0 Å². The quantitative estimate of drug-likeness (QED) is 0.433. The van der Waals surface area contributed by atoms with Crippen molar-refractivity contribution in [3.05, 3.63) is 29.1 Å². The van der Waals surface area contributed by atoms with Crippen molar-refractivity contribution in [1.29, 1.82) is 0 Å². The molecule has 1 aromatic heterocycles. The highest BCUT2D eigenvalue weighted by molar-refractivity contribution is 5.84. The highest BCUT2D eigenvalue weighted by Crippen LogP contribution is 2.44. The van der Waals surface area contributed by atoms with Crippen LogP contribution < -0.4 is 0 Å². The maximum absolute atomic E-state index is 13.7. The van der Waals surface area contributed by atoms with Gasteiger partial charge >= 0.3 is 12.1 Å². The van der Waals surface area contributed by atoms with Gasteiger partial charge in [-0.1, -0.05) is 33.1 Å². The van der Waals surface area contributed by atoms with E-state index in [4.69, 9.17) is 14.5 Å². The third-order valence-corrected chi connectivity index (χ3v) is 7.94. The lowest BCUT2D eigenvalue weighted by Gasteiger charge is -2.46. The molecule has 36 heavy (non-hydrogen) atoms. The van der Waals surface area contributed by atoms with Crippen molar-refractivity contribution in [2.75, 3.05) is 0 Å².